The number of hydrogen-bond acceptors (Lipinski definition) is 5. The van der Waals surface area contributed by atoms with Gasteiger partial charge in [-0.1, -0.05) is 18.2 Å². The van der Waals surface area contributed by atoms with E-state index in [4.69, 9.17) is 14.2 Å². The predicted molar refractivity (Wildman–Crippen MR) is 101 cm³/mol. The minimum atomic E-state index is -0.556. The van der Waals surface area contributed by atoms with Crippen LogP contribution in [-0.4, -0.2) is 31.6 Å². The topological polar surface area (TPSA) is 85.9 Å². The molecule has 0 aliphatic rings. The van der Waals surface area contributed by atoms with Gasteiger partial charge in [-0.05, 0) is 37.6 Å². The number of rotatable bonds is 10. The van der Waals surface area contributed by atoms with Crippen molar-refractivity contribution in [3.8, 4) is 17.2 Å². The van der Waals surface area contributed by atoms with Crippen LogP contribution in [0.1, 0.15) is 19.8 Å². The molecule has 2 amide bonds. The summed E-state index contributed by atoms with van der Waals surface area (Å²) in [4.78, 5) is 23.4. The molecule has 8 heteroatoms. The summed E-state index contributed by atoms with van der Waals surface area (Å²) in [7, 11) is 0. The van der Waals surface area contributed by atoms with Crippen LogP contribution in [0.5, 0.6) is 17.2 Å². The summed E-state index contributed by atoms with van der Waals surface area (Å²) in [6.45, 7) is 2.40. The lowest BCUT2D eigenvalue weighted by Gasteiger charge is -2.11. The Hall–Kier alpha value is -3.29. The Kier molecular flexibility index (Phi) is 8.58. The Labute approximate surface area is 162 Å². The first-order chi connectivity index (χ1) is 13.6. The number of benzene rings is 2. The zero-order valence-electron chi connectivity index (χ0n) is 15.6. The molecular formula is C20H23FN2O5. The van der Waals surface area contributed by atoms with Gasteiger partial charge >= 0.3 is 0 Å². The molecule has 28 heavy (non-hydrogen) atoms. The zero-order chi connectivity index (χ0) is 20.2. The van der Waals surface area contributed by atoms with Crippen molar-refractivity contribution in [3.63, 3.8) is 0 Å². The van der Waals surface area contributed by atoms with Crippen molar-refractivity contribution in [2.24, 2.45) is 0 Å². The third-order valence-corrected chi connectivity index (χ3v) is 3.46. The number of nitrogens with one attached hydrogen (secondary N) is 2. The lowest BCUT2D eigenvalue weighted by atomic mass is 10.3. The van der Waals surface area contributed by atoms with Crippen molar-refractivity contribution >= 4 is 11.8 Å². The summed E-state index contributed by atoms with van der Waals surface area (Å²) in [6.07, 6.45) is 0.629. The summed E-state index contributed by atoms with van der Waals surface area (Å²) in [5.74, 6) is 0.121. The summed E-state index contributed by atoms with van der Waals surface area (Å²) < 4.78 is 29.2. The number of carbonyl (C=O) groups is 2. The molecule has 0 aliphatic heterocycles. The quantitative estimate of drug-likeness (QED) is 0.481. The Bertz CT molecular complexity index is 785. The Morgan fingerprint density at radius 1 is 0.929 bits per heavy atom. The molecule has 0 heterocycles. The van der Waals surface area contributed by atoms with E-state index in [9.17, 15) is 14.0 Å². The van der Waals surface area contributed by atoms with Gasteiger partial charge in [-0.2, -0.15) is 0 Å². The van der Waals surface area contributed by atoms with Crippen LogP contribution in [-0.2, 0) is 9.59 Å². The standard InChI is InChI=1S/C20H23FN2O5/c1-2-26-17-9-3-4-10-18(17)27-12-6-11-19(24)22-23-20(25)14-28-16-8-5-7-15(21)13-16/h3-5,7-10,13H,2,6,11-12,14H2,1H3,(H,22,24)(H,23,25). The van der Waals surface area contributed by atoms with Gasteiger partial charge in [-0.3, -0.25) is 20.4 Å². The molecule has 2 aromatic rings. The van der Waals surface area contributed by atoms with Gasteiger partial charge in [-0.25, -0.2) is 4.39 Å². The molecule has 0 spiro atoms. The van der Waals surface area contributed by atoms with E-state index in [2.05, 4.69) is 10.9 Å². The molecule has 2 N–H and O–H groups in total. The van der Waals surface area contributed by atoms with E-state index in [1.54, 1.807) is 6.07 Å². The van der Waals surface area contributed by atoms with Crippen molar-refractivity contribution in [3.05, 3.63) is 54.3 Å². The third kappa shape index (κ3) is 7.53. The number of hydrogen-bond donors (Lipinski definition) is 2. The second kappa shape index (κ2) is 11.4. The predicted octanol–water partition coefficient (Wildman–Crippen LogP) is 2.61. The highest BCUT2D eigenvalue weighted by atomic mass is 19.1. The lowest BCUT2D eigenvalue weighted by Crippen LogP contribution is -2.43. The van der Waals surface area contributed by atoms with Gasteiger partial charge in [0.05, 0.1) is 13.2 Å². The van der Waals surface area contributed by atoms with Gasteiger partial charge in [0.2, 0.25) is 5.91 Å². The number of halogens is 1. The maximum Gasteiger partial charge on any atom is 0.276 e. The van der Waals surface area contributed by atoms with Crippen molar-refractivity contribution < 1.29 is 28.2 Å². The molecule has 0 bridgehead atoms. The SMILES string of the molecule is CCOc1ccccc1OCCCC(=O)NNC(=O)COc1cccc(F)c1. The van der Waals surface area contributed by atoms with Crippen molar-refractivity contribution in [1.82, 2.24) is 10.9 Å². The maximum atomic E-state index is 13.0. The molecule has 0 unspecified atom stereocenters. The maximum absolute atomic E-state index is 13.0. The molecular weight excluding hydrogens is 367 g/mol. The Balaban J connectivity index is 1.60. The molecule has 2 rings (SSSR count). The van der Waals surface area contributed by atoms with E-state index in [1.807, 2.05) is 25.1 Å². The first kappa shape index (κ1) is 21.0. The van der Waals surface area contributed by atoms with Gasteiger partial charge in [0, 0.05) is 12.5 Å². The fraction of sp³-hybridized carbons (Fsp3) is 0.300. The van der Waals surface area contributed by atoms with E-state index in [-0.39, 0.29) is 24.7 Å². The molecule has 0 saturated heterocycles. The minimum Gasteiger partial charge on any atom is -0.490 e. The summed E-state index contributed by atoms with van der Waals surface area (Å²) >= 11 is 0. The Morgan fingerprint density at radius 2 is 1.64 bits per heavy atom. The average molecular weight is 390 g/mol. The number of carbonyl (C=O) groups excluding carboxylic acids is 2. The van der Waals surface area contributed by atoms with Gasteiger partial charge in [0.25, 0.3) is 5.91 Å². The van der Waals surface area contributed by atoms with E-state index in [0.717, 1.165) is 6.07 Å². The highest BCUT2D eigenvalue weighted by Gasteiger charge is 2.07. The monoisotopic (exact) mass is 390 g/mol. The van der Waals surface area contributed by atoms with Gasteiger partial charge in [0.1, 0.15) is 11.6 Å². The van der Waals surface area contributed by atoms with Crippen LogP contribution in [0.3, 0.4) is 0 Å². The normalized spacial score (nSPS) is 10.1. The second-order valence-corrected chi connectivity index (χ2v) is 5.67. The van der Waals surface area contributed by atoms with Crippen LogP contribution in [0.2, 0.25) is 0 Å². The Morgan fingerprint density at radius 3 is 2.36 bits per heavy atom. The van der Waals surface area contributed by atoms with Crippen LogP contribution in [0.4, 0.5) is 4.39 Å². The largest absolute Gasteiger partial charge is 0.490 e. The highest BCUT2D eigenvalue weighted by molar-refractivity contribution is 5.82. The average Bonchev–Trinajstić information content (AvgIpc) is 2.69. The molecule has 0 aromatic heterocycles. The second-order valence-electron chi connectivity index (χ2n) is 5.67. The molecule has 0 aliphatic carbocycles. The van der Waals surface area contributed by atoms with Crippen molar-refractivity contribution in [2.75, 3.05) is 19.8 Å². The fourth-order valence-electron chi connectivity index (χ4n) is 2.20. The van der Waals surface area contributed by atoms with Crippen LogP contribution in [0.15, 0.2) is 48.5 Å². The molecule has 0 atom stereocenters. The zero-order valence-corrected chi connectivity index (χ0v) is 15.6. The third-order valence-electron chi connectivity index (χ3n) is 3.46. The molecule has 0 fully saturated rings. The van der Waals surface area contributed by atoms with Crippen molar-refractivity contribution in [1.29, 1.82) is 0 Å². The van der Waals surface area contributed by atoms with Crippen LogP contribution in [0, 0.1) is 5.82 Å². The first-order valence-corrected chi connectivity index (χ1v) is 8.89. The molecule has 2 aromatic carbocycles. The van der Waals surface area contributed by atoms with Crippen molar-refractivity contribution in [2.45, 2.75) is 19.8 Å². The van der Waals surface area contributed by atoms with Crippen LogP contribution >= 0.6 is 0 Å². The number of amides is 2. The van der Waals surface area contributed by atoms with Gasteiger partial charge in [0.15, 0.2) is 18.1 Å². The summed E-state index contributed by atoms with van der Waals surface area (Å²) in [6, 6.07) is 12.7. The summed E-state index contributed by atoms with van der Waals surface area (Å²) in [5.41, 5.74) is 4.52. The van der Waals surface area contributed by atoms with Crippen LogP contribution < -0.4 is 25.1 Å². The lowest BCUT2D eigenvalue weighted by molar-refractivity contribution is -0.130. The molecule has 0 radical (unpaired) electrons. The van der Waals surface area contributed by atoms with E-state index >= 15 is 0 Å². The molecule has 150 valence electrons. The number of hydrazine groups is 1. The number of ether oxygens (including phenoxy) is 3. The molecule has 0 saturated carbocycles. The molecule has 7 nitrogen and oxygen atoms in total. The highest BCUT2D eigenvalue weighted by Crippen LogP contribution is 2.26. The van der Waals surface area contributed by atoms with Crippen LogP contribution in [0.25, 0.3) is 0 Å². The minimum absolute atomic E-state index is 0.168. The first-order valence-electron chi connectivity index (χ1n) is 8.89. The van der Waals surface area contributed by atoms with E-state index < -0.39 is 11.7 Å². The van der Waals surface area contributed by atoms with Gasteiger partial charge < -0.3 is 14.2 Å². The van der Waals surface area contributed by atoms with Gasteiger partial charge in [-0.15, -0.1) is 0 Å². The summed E-state index contributed by atoms with van der Waals surface area (Å²) in [5, 5.41) is 0. The smallest absolute Gasteiger partial charge is 0.276 e. The van der Waals surface area contributed by atoms with E-state index in [0.29, 0.717) is 31.1 Å². The fourth-order valence-corrected chi connectivity index (χ4v) is 2.20. The number of para-hydroxylation sites is 2. The van der Waals surface area contributed by atoms with E-state index in [1.165, 1.54) is 18.2 Å².